The fourth-order valence-corrected chi connectivity index (χ4v) is 10.8. The van der Waals surface area contributed by atoms with E-state index >= 15 is 0 Å². The predicted octanol–water partition coefficient (Wildman–Crippen LogP) is 16.3. The molecule has 0 saturated carbocycles. The van der Waals surface area contributed by atoms with E-state index < -0.39 is 53.8 Å². The van der Waals surface area contributed by atoms with Crippen molar-refractivity contribution in [2.75, 3.05) is 6.54 Å². The number of nitrogens with zero attached hydrogens (tertiary/aromatic N) is 4. The van der Waals surface area contributed by atoms with Crippen LogP contribution in [0.4, 0.5) is 9.59 Å². The second-order valence-electron chi connectivity index (χ2n) is 22.9. The quantitative estimate of drug-likeness (QED) is 0.107. The van der Waals surface area contributed by atoms with Gasteiger partial charge in [0.25, 0.3) is 5.91 Å². The van der Waals surface area contributed by atoms with Crippen molar-refractivity contribution in [1.82, 2.24) is 24.9 Å². The lowest BCUT2D eigenvalue weighted by molar-refractivity contribution is -0.139. The summed E-state index contributed by atoms with van der Waals surface area (Å²) in [5.41, 5.74) is 5.06. The fourth-order valence-electron chi connectivity index (χ4n) is 10.2. The SMILES string of the molecule is C[C@@H](N[C@@H](Cc1ccccc1)C(=O)O)c1ccccc1.C[C@H](c1ccccc1)N1CC(=O)N(C(=O)OC(C)(C)C)[C@@H]1c1ccc(Cl)c(Cl)c1.C[C@H](c1ccccc1)N1[C@@H](Cc2ccccc2)C(=O)N(C(=O)OC(C)(C)C)[C@@H]1c1ccc(Cl)c(Cl)c1. The van der Waals surface area contributed by atoms with Gasteiger partial charge in [0.2, 0.25) is 5.91 Å². The van der Waals surface area contributed by atoms with Crippen LogP contribution < -0.4 is 5.32 Å². The highest BCUT2D eigenvalue weighted by Crippen LogP contribution is 2.45. The van der Waals surface area contributed by atoms with Crippen LogP contribution >= 0.6 is 46.4 Å². The molecule has 17 heteroatoms. The molecule has 0 bridgehead atoms. The van der Waals surface area contributed by atoms with Gasteiger partial charge in [0.05, 0.1) is 32.7 Å². The number of carbonyl (C=O) groups excluding carboxylic acids is 4. The molecule has 2 fully saturated rings. The molecule has 0 unspecified atom stereocenters. The zero-order chi connectivity index (χ0) is 61.8. The van der Waals surface area contributed by atoms with E-state index in [1.54, 1.807) is 77.9 Å². The Morgan fingerprint density at radius 2 is 0.953 bits per heavy atom. The third-order valence-corrected chi connectivity index (χ3v) is 15.8. The van der Waals surface area contributed by atoms with Crippen molar-refractivity contribution in [3.05, 3.63) is 247 Å². The van der Waals surface area contributed by atoms with E-state index in [2.05, 4.69) is 10.2 Å². The van der Waals surface area contributed by atoms with Crippen molar-refractivity contribution in [2.24, 2.45) is 0 Å². The monoisotopic (exact) mass is 1230 g/mol. The Balaban J connectivity index is 0.000000190. The summed E-state index contributed by atoms with van der Waals surface area (Å²) < 4.78 is 11.2. The number of rotatable bonds is 14. The Morgan fingerprint density at radius 1 is 0.541 bits per heavy atom. The summed E-state index contributed by atoms with van der Waals surface area (Å²) in [6, 6.07) is 58.0. The van der Waals surface area contributed by atoms with Gasteiger partial charge in [-0.3, -0.25) is 29.5 Å². The maximum Gasteiger partial charge on any atom is 0.418 e. The molecular weight excluding hydrogens is 1160 g/mol. The second kappa shape index (κ2) is 29.3. The fraction of sp³-hybridized carbons (Fsp3) is 0.309. The highest BCUT2D eigenvalue weighted by molar-refractivity contribution is 6.42. The van der Waals surface area contributed by atoms with Crippen LogP contribution in [0.1, 0.15) is 132 Å². The molecule has 2 N–H and O–H groups in total. The molecule has 0 aliphatic carbocycles. The zero-order valence-electron chi connectivity index (χ0n) is 49.2. The number of ether oxygens (including phenoxy) is 2. The predicted molar refractivity (Wildman–Crippen MR) is 336 cm³/mol. The number of amides is 4. The average molecular weight is 1230 g/mol. The highest BCUT2D eigenvalue weighted by atomic mass is 35.5. The number of nitrogens with one attached hydrogen (secondary N) is 1. The highest BCUT2D eigenvalue weighted by Gasteiger charge is 2.53. The Morgan fingerprint density at radius 3 is 1.40 bits per heavy atom. The van der Waals surface area contributed by atoms with Gasteiger partial charge in [-0.1, -0.05) is 210 Å². The van der Waals surface area contributed by atoms with Gasteiger partial charge in [-0.15, -0.1) is 0 Å². The third-order valence-electron chi connectivity index (χ3n) is 14.3. The van der Waals surface area contributed by atoms with E-state index in [-0.39, 0.29) is 36.5 Å². The van der Waals surface area contributed by atoms with E-state index in [9.17, 15) is 29.1 Å². The Bertz CT molecular complexity index is 3370. The molecule has 2 saturated heterocycles. The van der Waals surface area contributed by atoms with Gasteiger partial charge in [0.15, 0.2) is 0 Å². The van der Waals surface area contributed by atoms with E-state index in [1.807, 2.05) is 177 Å². The minimum Gasteiger partial charge on any atom is -0.480 e. The number of aliphatic carboxylic acids is 1. The Kier molecular flexibility index (Phi) is 22.6. The summed E-state index contributed by atoms with van der Waals surface area (Å²) in [6.07, 6.45) is -1.83. The summed E-state index contributed by atoms with van der Waals surface area (Å²) in [6.45, 7) is 16.8. The molecule has 85 heavy (non-hydrogen) atoms. The average Bonchev–Trinajstić information content (AvgIpc) is 1.80. The summed E-state index contributed by atoms with van der Waals surface area (Å²) in [5, 5.41) is 14.1. The normalized spacial score (nSPS) is 17.8. The Labute approximate surface area is 519 Å². The van der Waals surface area contributed by atoms with Gasteiger partial charge in [0.1, 0.15) is 29.6 Å². The van der Waals surface area contributed by atoms with Crippen LogP contribution in [0.2, 0.25) is 20.1 Å². The molecule has 7 atom stereocenters. The number of benzene rings is 7. The van der Waals surface area contributed by atoms with Crippen molar-refractivity contribution in [1.29, 1.82) is 0 Å². The van der Waals surface area contributed by atoms with E-state index in [0.717, 1.165) is 27.8 Å². The molecule has 2 aliphatic rings. The van der Waals surface area contributed by atoms with Gasteiger partial charge >= 0.3 is 18.2 Å². The van der Waals surface area contributed by atoms with Crippen molar-refractivity contribution in [3.8, 4) is 0 Å². The largest absolute Gasteiger partial charge is 0.480 e. The summed E-state index contributed by atoms with van der Waals surface area (Å²) >= 11 is 24.9. The van der Waals surface area contributed by atoms with Crippen molar-refractivity contribution in [2.45, 2.75) is 129 Å². The first-order valence-corrected chi connectivity index (χ1v) is 29.6. The van der Waals surface area contributed by atoms with Gasteiger partial charge in [-0.2, -0.15) is 0 Å². The van der Waals surface area contributed by atoms with Crippen LogP contribution in [-0.2, 0) is 36.7 Å². The topological polar surface area (TPSA) is 149 Å². The molecule has 0 aromatic heterocycles. The molecule has 7 aromatic rings. The number of hydrogen-bond acceptors (Lipinski definition) is 10. The lowest BCUT2D eigenvalue weighted by atomic mass is 9.99. The molecule has 7 aromatic carbocycles. The number of hydrogen-bond donors (Lipinski definition) is 2. The first-order valence-electron chi connectivity index (χ1n) is 28.1. The third kappa shape index (κ3) is 17.5. The molecule has 9 rings (SSSR count). The maximum atomic E-state index is 14.0. The lowest BCUT2D eigenvalue weighted by Crippen LogP contribution is -2.41. The summed E-state index contributed by atoms with van der Waals surface area (Å²) in [7, 11) is 0. The second-order valence-corrected chi connectivity index (χ2v) is 24.5. The molecule has 13 nitrogen and oxygen atoms in total. The number of carbonyl (C=O) groups is 5. The van der Waals surface area contributed by atoms with Crippen LogP contribution in [0.5, 0.6) is 0 Å². The number of carboxylic acids is 1. The first kappa shape index (κ1) is 65.5. The van der Waals surface area contributed by atoms with Crippen LogP contribution in [-0.4, -0.2) is 84.5 Å². The summed E-state index contributed by atoms with van der Waals surface area (Å²) in [5.74, 6) is -1.46. The molecular formula is C68H73Cl4N5O8. The first-order chi connectivity index (χ1) is 40.3. The van der Waals surface area contributed by atoms with Crippen LogP contribution in [0.15, 0.2) is 188 Å². The van der Waals surface area contributed by atoms with Crippen LogP contribution in [0.3, 0.4) is 0 Å². The van der Waals surface area contributed by atoms with Crippen LogP contribution in [0, 0.1) is 0 Å². The molecule has 2 aliphatic heterocycles. The number of halogens is 4. The van der Waals surface area contributed by atoms with Crippen molar-refractivity contribution in [3.63, 3.8) is 0 Å². The van der Waals surface area contributed by atoms with Gasteiger partial charge < -0.3 is 14.6 Å². The van der Waals surface area contributed by atoms with Gasteiger partial charge in [0, 0.05) is 18.1 Å². The van der Waals surface area contributed by atoms with Gasteiger partial charge in [-0.05, 0) is 138 Å². The minimum atomic E-state index is -0.823. The van der Waals surface area contributed by atoms with Crippen molar-refractivity contribution >= 4 is 76.4 Å². The molecule has 0 spiro atoms. The number of imide groups is 2. The van der Waals surface area contributed by atoms with E-state index in [1.165, 1.54) is 9.80 Å². The van der Waals surface area contributed by atoms with E-state index in [0.29, 0.717) is 44.1 Å². The van der Waals surface area contributed by atoms with Crippen molar-refractivity contribution < 1.29 is 38.6 Å². The minimum absolute atomic E-state index is 0.000937. The lowest BCUT2D eigenvalue weighted by Gasteiger charge is -2.36. The zero-order valence-corrected chi connectivity index (χ0v) is 52.2. The Hall–Kier alpha value is -7.07. The molecule has 2 heterocycles. The van der Waals surface area contributed by atoms with Gasteiger partial charge in [-0.25, -0.2) is 19.4 Å². The summed E-state index contributed by atoms with van der Waals surface area (Å²) in [4.78, 5) is 71.2. The molecule has 446 valence electrons. The van der Waals surface area contributed by atoms with E-state index in [4.69, 9.17) is 55.9 Å². The smallest absolute Gasteiger partial charge is 0.418 e. The van der Waals surface area contributed by atoms with Crippen LogP contribution in [0.25, 0.3) is 0 Å². The molecule has 4 amide bonds. The molecule has 0 radical (unpaired) electrons. The number of carboxylic acid groups (broad SMARTS) is 1. The maximum absolute atomic E-state index is 14.0. The standard InChI is InChI=1S/C29H30Cl2N2O3.C22H24Cl2N2O3.C17H19NO2/c1-19(21-13-9-6-10-14-21)32-25(17-20-11-7-5-8-12-20)27(34)33(28(35)36-29(2,3)4)26(32)22-15-16-23(30)24(31)18-22;1-14(15-8-6-5-7-9-15)25-13-19(27)26(21(28)29-22(2,3)4)20(25)16-10-11-17(23)18(24)12-16;1-13(15-10-6-3-7-11-15)18-16(17(19)20)12-14-8-4-2-5-9-14/h5-16,18-19,25-26H,17H2,1-4H3;5-12,14,20H,13H2,1-4H3;2-11,13,16,18H,12H2,1H3,(H,19,20)/t19-,25+,26-;14-,20-;13-,16+/m111/s1.